The lowest BCUT2D eigenvalue weighted by Gasteiger charge is -2.30. The highest BCUT2D eigenvalue weighted by Crippen LogP contribution is 2.31. The number of nitrogens with one attached hydrogen (secondary N) is 1. The van der Waals surface area contributed by atoms with Gasteiger partial charge in [0.2, 0.25) is 11.8 Å². The number of rotatable bonds is 3. The zero-order valence-electron chi connectivity index (χ0n) is 13.2. The van der Waals surface area contributed by atoms with Crippen molar-refractivity contribution in [3.8, 4) is 0 Å². The topological polar surface area (TPSA) is 49.4 Å². The van der Waals surface area contributed by atoms with Crippen LogP contribution in [0.1, 0.15) is 51.0 Å². The van der Waals surface area contributed by atoms with Crippen LogP contribution in [-0.4, -0.2) is 18.4 Å². The Kier molecular flexibility index (Phi) is 4.46. The van der Waals surface area contributed by atoms with Gasteiger partial charge in [-0.15, -0.1) is 0 Å². The summed E-state index contributed by atoms with van der Waals surface area (Å²) in [5.41, 5.74) is 2.99. The highest BCUT2D eigenvalue weighted by Gasteiger charge is 2.24. The molecule has 22 heavy (non-hydrogen) atoms. The average molecular weight is 300 g/mol. The molecule has 2 aliphatic rings. The molecule has 1 saturated carbocycles. The van der Waals surface area contributed by atoms with Crippen LogP contribution in [0.4, 0.5) is 11.4 Å². The number of anilines is 2. The van der Waals surface area contributed by atoms with Crippen LogP contribution < -0.4 is 10.2 Å². The van der Waals surface area contributed by atoms with Crippen LogP contribution in [0.15, 0.2) is 18.2 Å². The third-order valence-corrected chi connectivity index (χ3v) is 4.80. The summed E-state index contributed by atoms with van der Waals surface area (Å²) < 4.78 is 0. The third-order valence-electron chi connectivity index (χ3n) is 4.80. The molecule has 118 valence electrons. The van der Waals surface area contributed by atoms with E-state index in [4.69, 9.17) is 0 Å². The van der Waals surface area contributed by atoms with Crippen molar-refractivity contribution in [1.29, 1.82) is 0 Å². The van der Waals surface area contributed by atoms with Crippen molar-refractivity contribution in [1.82, 2.24) is 0 Å². The molecular weight excluding hydrogens is 276 g/mol. The maximum absolute atomic E-state index is 12.3. The van der Waals surface area contributed by atoms with E-state index in [9.17, 15) is 9.59 Å². The first kappa shape index (κ1) is 15.1. The fourth-order valence-corrected chi connectivity index (χ4v) is 3.53. The number of fused-ring (bicyclic) bond motifs is 1. The van der Waals surface area contributed by atoms with E-state index in [1.54, 1.807) is 0 Å². The number of nitrogens with zero attached hydrogens (tertiary/aromatic N) is 1. The normalized spacial score (nSPS) is 18.1. The van der Waals surface area contributed by atoms with Crippen molar-refractivity contribution in [2.24, 2.45) is 5.92 Å². The fourth-order valence-electron chi connectivity index (χ4n) is 3.53. The van der Waals surface area contributed by atoms with E-state index < -0.39 is 0 Å². The summed E-state index contributed by atoms with van der Waals surface area (Å²) in [6, 6.07) is 5.98. The molecule has 4 heteroatoms. The van der Waals surface area contributed by atoms with Crippen LogP contribution in [0.2, 0.25) is 0 Å². The smallest absolute Gasteiger partial charge is 0.227 e. The molecule has 0 unspecified atom stereocenters. The van der Waals surface area contributed by atoms with Crippen LogP contribution in [0.3, 0.4) is 0 Å². The molecule has 1 aliphatic heterocycles. The van der Waals surface area contributed by atoms with Crippen molar-refractivity contribution < 1.29 is 9.59 Å². The van der Waals surface area contributed by atoms with Crippen LogP contribution in [0, 0.1) is 5.92 Å². The molecule has 0 atom stereocenters. The van der Waals surface area contributed by atoms with E-state index in [0.717, 1.165) is 56.4 Å². The summed E-state index contributed by atoms with van der Waals surface area (Å²) >= 11 is 0. The molecule has 1 aliphatic carbocycles. The maximum atomic E-state index is 12.3. The average Bonchev–Trinajstić information content (AvgIpc) is 3.08. The SMILES string of the molecule is CCC(=O)N1CCCc2ccc(NC(=O)C3CCCC3)cc21. The Bertz CT molecular complexity index is 576. The van der Waals surface area contributed by atoms with Gasteiger partial charge in [0.1, 0.15) is 0 Å². The zero-order chi connectivity index (χ0) is 15.5. The van der Waals surface area contributed by atoms with E-state index in [1.807, 2.05) is 24.0 Å². The van der Waals surface area contributed by atoms with Crippen molar-refractivity contribution in [2.45, 2.75) is 51.9 Å². The Morgan fingerprint density at radius 2 is 2.00 bits per heavy atom. The fraction of sp³-hybridized carbons (Fsp3) is 0.556. The van der Waals surface area contributed by atoms with Gasteiger partial charge in [0.25, 0.3) is 0 Å². The summed E-state index contributed by atoms with van der Waals surface area (Å²) in [5.74, 6) is 0.436. The van der Waals surface area contributed by atoms with Crippen LogP contribution in [0.5, 0.6) is 0 Å². The Hall–Kier alpha value is -1.84. The predicted molar refractivity (Wildman–Crippen MR) is 88.0 cm³/mol. The number of hydrogen-bond donors (Lipinski definition) is 1. The molecule has 0 spiro atoms. The van der Waals surface area contributed by atoms with Gasteiger partial charge in [-0.2, -0.15) is 0 Å². The quantitative estimate of drug-likeness (QED) is 0.928. The molecule has 1 heterocycles. The van der Waals surface area contributed by atoms with Crippen LogP contribution in [0.25, 0.3) is 0 Å². The number of carbonyl (C=O) groups is 2. The van der Waals surface area contributed by atoms with E-state index in [2.05, 4.69) is 11.4 Å². The minimum Gasteiger partial charge on any atom is -0.326 e. The second-order valence-corrected chi connectivity index (χ2v) is 6.32. The number of benzene rings is 1. The lowest BCUT2D eigenvalue weighted by Crippen LogP contribution is -2.35. The molecule has 1 aromatic carbocycles. The van der Waals surface area contributed by atoms with Gasteiger partial charge in [-0.1, -0.05) is 25.8 Å². The van der Waals surface area contributed by atoms with E-state index in [0.29, 0.717) is 6.42 Å². The monoisotopic (exact) mass is 300 g/mol. The van der Waals surface area contributed by atoms with Gasteiger partial charge in [-0.25, -0.2) is 0 Å². The van der Waals surface area contributed by atoms with Gasteiger partial charge in [0.15, 0.2) is 0 Å². The lowest BCUT2D eigenvalue weighted by atomic mass is 10.0. The molecular formula is C18H24N2O2. The molecule has 1 fully saturated rings. The molecule has 2 amide bonds. The Labute approximate surface area is 131 Å². The summed E-state index contributed by atoms with van der Waals surface area (Å²) in [7, 11) is 0. The van der Waals surface area contributed by atoms with Gasteiger partial charge < -0.3 is 10.2 Å². The first-order valence-corrected chi connectivity index (χ1v) is 8.43. The minimum atomic E-state index is 0.127. The summed E-state index contributed by atoms with van der Waals surface area (Å²) in [6.45, 7) is 2.67. The van der Waals surface area contributed by atoms with E-state index in [1.165, 1.54) is 5.56 Å². The Morgan fingerprint density at radius 3 is 2.73 bits per heavy atom. The highest BCUT2D eigenvalue weighted by atomic mass is 16.2. The number of aryl methyl sites for hydroxylation is 1. The third kappa shape index (κ3) is 3.01. The first-order chi connectivity index (χ1) is 10.7. The van der Waals surface area contributed by atoms with Gasteiger partial charge in [-0.3, -0.25) is 9.59 Å². The summed E-state index contributed by atoms with van der Waals surface area (Å²) in [6.07, 6.45) is 6.82. The standard InChI is InChI=1S/C18H24N2O2/c1-2-17(21)20-11-5-8-13-9-10-15(12-16(13)20)19-18(22)14-6-3-4-7-14/h9-10,12,14H,2-8,11H2,1H3,(H,19,22). The summed E-state index contributed by atoms with van der Waals surface area (Å²) in [5, 5.41) is 3.03. The summed E-state index contributed by atoms with van der Waals surface area (Å²) in [4.78, 5) is 26.2. The number of carbonyl (C=O) groups excluding carboxylic acids is 2. The van der Waals surface area contributed by atoms with Crippen molar-refractivity contribution in [3.63, 3.8) is 0 Å². The van der Waals surface area contributed by atoms with Gasteiger partial charge in [0, 0.05) is 30.3 Å². The highest BCUT2D eigenvalue weighted by molar-refractivity contribution is 5.97. The molecule has 1 aromatic rings. The largest absolute Gasteiger partial charge is 0.326 e. The lowest BCUT2D eigenvalue weighted by molar-refractivity contribution is -0.120. The zero-order valence-corrected chi connectivity index (χ0v) is 13.2. The molecule has 4 nitrogen and oxygen atoms in total. The molecule has 3 rings (SSSR count). The second-order valence-electron chi connectivity index (χ2n) is 6.32. The minimum absolute atomic E-state index is 0.127. The van der Waals surface area contributed by atoms with Gasteiger partial charge in [0.05, 0.1) is 0 Å². The molecule has 1 N–H and O–H groups in total. The molecule has 0 radical (unpaired) electrons. The Morgan fingerprint density at radius 1 is 1.23 bits per heavy atom. The van der Waals surface area contributed by atoms with Crippen molar-refractivity contribution in [3.05, 3.63) is 23.8 Å². The van der Waals surface area contributed by atoms with Crippen LogP contribution in [-0.2, 0) is 16.0 Å². The predicted octanol–water partition coefficient (Wildman–Crippen LogP) is 3.50. The van der Waals surface area contributed by atoms with Gasteiger partial charge >= 0.3 is 0 Å². The number of hydrogen-bond acceptors (Lipinski definition) is 2. The van der Waals surface area contributed by atoms with Crippen molar-refractivity contribution in [2.75, 3.05) is 16.8 Å². The molecule has 0 bridgehead atoms. The van der Waals surface area contributed by atoms with Crippen LogP contribution >= 0.6 is 0 Å². The Balaban J connectivity index is 1.79. The maximum Gasteiger partial charge on any atom is 0.227 e. The molecule has 0 aromatic heterocycles. The van der Waals surface area contributed by atoms with Gasteiger partial charge in [-0.05, 0) is 43.4 Å². The number of amides is 2. The second kappa shape index (κ2) is 6.51. The molecule has 0 saturated heterocycles. The van der Waals surface area contributed by atoms with E-state index >= 15 is 0 Å². The van der Waals surface area contributed by atoms with E-state index in [-0.39, 0.29) is 17.7 Å². The first-order valence-electron chi connectivity index (χ1n) is 8.43. The van der Waals surface area contributed by atoms with Crippen molar-refractivity contribution >= 4 is 23.2 Å².